The van der Waals surface area contributed by atoms with Gasteiger partial charge in [-0.3, -0.25) is 9.69 Å². The first kappa shape index (κ1) is 23.2. The second-order valence-electron chi connectivity index (χ2n) is 7.37. The van der Waals surface area contributed by atoms with Gasteiger partial charge in [0.2, 0.25) is 5.91 Å². The first-order valence-corrected chi connectivity index (χ1v) is 10.8. The Morgan fingerprint density at radius 1 is 1.23 bits per heavy atom. The number of hydrogen-bond acceptors (Lipinski definition) is 6. The number of amides is 1. The number of ether oxygens (including phenoxy) is 3. The number of halogens is 1. The molecule has 1 amide bonds. The van der Waals surface area contributed by atoms with Gasteiger partial charge in [0.05, 0.1) is 43.5 Å². The highest BCUT2D eigenvalue weighted by Gasteiger charge is 2.30. The van der Waals surface area contributed by atoms with Crippen LogP contribution in [0.2, 0.25) is 0 Å². The van der Waals surface area contributed by atoms with E-state index in [2.05, 4.69) is 26.1 Å². The quantitative estimate of drug-likeness (QED) is 0.599. The summed E-state index contributed by atoms with van der Waals surface area (Å²) >= 11 is 3.52. The topological polar surface area (TPSA) is 77.1 Å². The van der Waals surface area contributed by atoms with Gasteiger partial charge in [0.1, 0.15) is 11.8 Å². The van der Waals surface area contributed by atoms with Crippen LogP contribution in [0.25, 0.3) is 0 Å². The van der Waals surface area contributed by atoms with E-state index in [0.717, 1.165) is 21.3 Å². The van der Waals surface area contributed by atoms with Crippen LogP contribution >= 0.6 is 15.9 Å². The summed E-state index contributed by atoms with van der Waals surface area (Å²) in [5, 5.41) is 3.07. The number of carbonyl (C=O) groups excluding carboxylic acids is 2. The molecule has 2 atom stereocenters. The van der Waals surface area contributed by atoms with Gasteiger partial charge >= 0.3 is 5.97 Å². The summed E-state index contributed by atoms with van der Waals surface area (Å²) < 4.78 is 16.5. The summed E-state index contributed by atoms with van der Waals surface area (Å²) in [4.78, 5) is 26.8. The van der Waals surface area contributed by atoms with Gasteiger partial charge in [-0.25, -0.2) is 4.79 Å². The molecule has 1 heterocycles. The van der Waals surface area contributed by atoms with Crippen LogP contribution in [0, 0.1) is 0 Å². The summed E-state index contributed by atoms with van der Waals surface area (Å²) in [5.74, 6) is 0.298. The van der Waals surface area contributed by atoms with E-state index in [1.165, 1.54) is 7.11 Å². The van der Waals surface area contributed by atoms with Crippen LogP contribution in [-0.2, 0) is 20.8 Å². The Hall–Kier alpha value is -2.42. The molecule has 1 aliphatic heterocycles. The van der Waals surface area contributed by atoms with Crippen LogP contribution in [-0.4, -0.2) is 56.8 Å². The fourth-order valence-electron chi connectivity index (χ4n) is 3.53. The minimum atomic E-state index is -0.386. The van der Waals surface area contributed by atoms with Crippen molar-refractivity contribution in [2.24, 2.45) is 0 Å². The molecular weight excluding hydrogens is 464 g/mol. The molecule has 166 valence electrons. The minimum absolute atomic E-state index is 0.0863. The van der Waals surface area contributed by atoms with Crippen molar-refractivity contribution < 1.29 is 23.8 Å². The van der Waals surface area contributed by atoms with Crippen molar-refractivity contribution in [3.8, 4) is 5.75 Å². The van der Waals surface area contributed by atoms with Crippen molar-refractivity contribution in [1.29, 1.82) is 0 Å². The molecule has 0 aliphatic carbocycles. The van der Waals surface area contributed by atoms with Crippen molar-refractivity contribution in [3.63, 3.8) is 0 Å². The maximum atomic E-state index is 13.0. The molecular formula is C23H27BrN2O5. The third kappa shape index (κ3) is 5.84. The smallest absolute Gasteiger partial charge is 0.337 e. The maximum absolute atomic E-state index is 13.0. The van der Waals surface area contributed by atoms with Gasteiger partial charge < -0.3 is 19.5 Å². The molecule has 0 saturated carbocycles. The third-order valence-corrected chi connectivity index (χ3v) is 5.95. The van der Waals surface area contributed by atoms with Crippen molar-refractivity contribution in [2.75, 3.05) is 34.0 Å². The highest BCUT2D eigenvalue weighted by atomic mass is 79.9. The van der Waals surface area contributed by atoms with E-state index in [4.69, 9.17) is 14.2 Å². The highest BCUT2D eigenvalue weighted by molar-refractivity contribution is 9.10. The zero-order valence-corrected chi connectivity index (χ0v) is 19.5. The van der Waals surface area contributed by atoms with Crippen molar-refractivity contribution in [3.05, 3.63) is 63.6 Å². The Morgan fingerprint density at radius 3 is 2.61 bits per heavy atom. The lowest BCUT2D eigenvalue weighted by atomic mass is 10.1. The fraction of sp³-hybridized carbons (Fsp3) is 0.391. The third-order valence-electron chi connectivity index (χ3n) is 5.33. The van der Waals surface area contributed by atoms with Gasteiger partial charge in [0, 0.05) is 13.1 Å². The SMILES string of the molecule is COC(=O)c1ccc([C@H](C)NC(=O)[C@H]2COCCN2Cc2ccc(OC)c(Br)c2)cc1. The molecule has 1 aliphatic rings. The maximum Gasteiger partial charge on any atom is 0.337 e. The number of esters is 1. The first-order valence-electron chi connectivity index (χ1n) is 10.1. The molecule has 0 unspecified atom stereocenters. The van der Waals surface area contributed by atoms with Crippen LogP contribution in [0.5, 0.6) is 5.75 Å². The molecule has 0 bridgehead atoms. The molecule has 1 N–H and O–H groups in total. The van der Waals surface area contributed by atoms with Crippen LogP contribution < -0.4 is 10.1 Å². The number of nitrogens with one attached hydrogen (secondary N) is 1. The van der Waals surface area contributed by atoms with E-state index >= 15 is 0 Å². The molecule has 8 heteroatoms. The molecule has 0 spiro atoms. The zero-order valence-electron chi connectivity index (χ0n) is 17.9. The molecule has 0 radical (unpaired) electrons. The van der Waals surface area contributed by atoms with Crippen LogP contribution in [0.4, 0.5) is 0 Å². The number of methoxy groups -OCH3 is 2. The molecule has 1 fully saturated rings. The van der Waals surface area contributed by atoms with Crippen molar-refractivity contribution >= 4 is 27.8 Å². The van der Waals surface area contributed by atoms with Crippen LogP contribution in [0.1, 0.15) is 34.5 Å². The number of nitrogens with zero attached hydrogens (tertiary/aromatic N) is 1. The Balaban J connectivity index is 1.65. The van der Waals surface area contributed by atoms with E-state index in [9.17, 15) is 9.59 Å². The number of rotatable bonds is 7. The normalized spacial score (nSPS) is 17.6. The van der Waals surface area contributed by atoms with E-state index in [1.807, 2.05) is 37.3 Å². The molecule has 1 saturated heterocycles. The summed E-state index contributed by atoms with van der Waals surface area (Å²) in [5.41, 5.74) is 2.46. The number of carbonyl (C=O) groups is 2. The summed E-state index contributed by atoms with van der Waals surface area (Å²) in [7, 11) is 2.98. The summed E-state index contributed by atoms with van der Waals surface area (Å²) in [6, 6.07) is 12.4. The predicted molar refractivity (Wildman–Crippen MR) is 120 cm³/mol. The first-order chi connectivity index (χ1) is 14.9. The molecule has 0 aromatic heterocycles. The molecule has 31 heavy (non-hydrogen) atoms. The van der Waals surface area contributed by atoms with Gasteiger partial charge in [-0.1, -0.05) is 18.2 Å². The van der Waals surface area contributed by atoms with Gasteiger partial charge in [-0.2, -0.15) is 0 Å². The van der Waals surface area contributed by atoms with E-state index in [0.29, 0.717) is 31.9 Å². The Labute approximate surface area is 190 Å². The van der Waals surface area contributed by atoms with Gasteiger partial charge in [-0.05, 0) is 58.2 Å². The number of morpholine rings is 1. The predicted octanol–water partition coefficient (Wildman–Crippen LogP) is 3.32. The lowest BCUT2D eigenvalue weighted by molar-refractivity contribution is -0.133. The second kappa shape index (κ2) is 10.7. The lowest BCUT2D eigenvalue weighted by Crippen LogP contribution is -2.53. The number of benzene rings is 2. The van der Waals surface area contributed by atoms with Crippen LogP contribution in [0.15, 0.2) is 46.9 Å². The van der Waals surface area contributed by atoms with E-state index < -0.39 is 0 Å². The van der Waals surface area contributed by atoms with Gasteiger partial charge in [0.25, 0.3) is 0 Å². The lowest BCUT2D eigenvalue weighted by Gasteiger charge is -2.35. The van der Waals surface area contributed by atoms with Crippen molar-refractivity contribution in [1.82, 2.24) is 10.2 Å². The highest BCUT2D eigenvalue weighted by Crippen LogP contribution is 2.26. The Morgan fingerprint density at radius 2 is 1.97 bits per heavy atom. The van der Waals surface area contributed by atoms with Crippen LogP contribution in [0.3, 0.4) is 0 Å². The molecule has 7 nitrogen and oxygen atoms in total. The zero-order chi connectivity index (χ0) is 22.4. The summed E-state index contributed by atoms with van der Waals surface area (Å²) in [6.07, 6.45) is 0. The standard InChI is InChI=1S/C23H27BrN2O5/c1-15(17-5-7-18(8-6-17)23(28)30-3)25-22(27)20-14-31-11-10-26(20)13-16-4-9-21(29-2)19(24)12-16/h4-9,12,15,20H,10-11,13-14H2,1-3H3,(H,25,27)/t15-,20+/m0/s1. The average molecular weight is 491 g/mol. The largest absolute Gasteiger partial charge is 0.496 e. The van der Waals surface area contributed by atoms with Gasteiger partial charge in [-0.15, -0.1) is 0 Å². The molecule has 2 aromatic carbocycles. The Kier molecular flexibility index (Phi) is 8.06. The number of hydrogen-bond donors (Lipinski definition) is 1. The Bertz CT molecular complexity index is 919. The molecule has 3 rings (SSSR count). The molecule has 2 aromatic rings. The fourth-order valence-corrected chi connectivity index (χ4v) is 4.12. The van der Waals surface area contributed by atoms with Gasteiger partial charge in [0.15, 0.2) is 0 Å². The second-order valence-corrected chi connectivity index (χ2v) is 8.23. The van der Waals surface area contributed by atoms with E-state index in [1.54, 1.807) is 19.2 Å². The summed E-state index contributed by atoms with van der Waals surface area (Å²) in [6.45, 7) is 4.15. The monoisotopic (exact) mass is 490 g/mol. The van der Waals surface area contributed by atoms with E-state index in [-0.39, 0.29) is 24.0 Å². The minimum Gasteiger partial charge on any atom is -0.496 e. The van der Waals surface area contributed by atoms with Crippen molar-refractivity contribution in [2.45, 2.75) is 25.6 Å². The average Bonchev–Trinajstić information content (AvgIpc) is 2.79.